The zero-order chi connectivity index (χ0) is 38.0. The Hall–Kier alpha value is -3.90. The minimum atomic E-state index is -1.18. The van der Waals surface area contributed by atoms with Gasteiger partial charge in [0.2, 0.25) is 6.35 Å². The molecule has 1 saturated carbocycles. The standard InChI is InChI=1S/C42H49F2N5O6/c1-3-29-32(43)8-7-26-18-28(50)19-30(34(26)29)36-35(44)37-31(21-45-36)38(48-14-17-53-23-40(2,51)22-48)47-39(46-37)54-24-41-10-4-6-33(41)49(13-5-11-41)27-9-15-55-42(20-27)12-16-52-25-42/h1,7-8,18-19,21,27,33,39,46,50-51H,4-6,9-17,20,22-25H2,2H3/t27?,33?,39?,40-,41+,42?/m0/s1. The SMILES string of the molecule is C#Cc1c(F)ccc2cc(O)cc(-c3ncc4c(c3F)NC(OC[C@]35CCCC3N(C3CCOC6(CCOC6)C3)CCC5)N=C4N3CCOC[C@@](C)(O)C3)c12. The fourth-order valence-electron chi connectivity index (χ4n) is 10.4. The van der Waals surface area contributed by atoms with Crippen molar-refractivity contribution >= 4 is 22.3 Å². The van der Waals surface area contributed by atoms with Gasteiger partial charge in [0.25, 0.3) is 0 Å². The predicted molar refractivity (Wildman–Crippen MR) is 203 cm³/mol. The molecule has 5 fully saturated rings. The number of terminal acetylenes is 1. The Kier molecular flexibility index (Phi) is 9.51. The first-order valence-corrected chi connectivity index (χ1v) is 19.7. The van der Waals surface area contributed by atoms with Crippen molar-refractivity contribution in [1.82, 2.24) is 14.8 Å². The number of hydrogen-bond acceptors (Lipinski definition) is 11. The van der Waals surface area contributed by atoms with Crippen molar-refractivity contribution in [2.45, 2.75) is 87.9 Å². The number of benzene rings is 2. The normalized spacial score (nSPS) is 32.5. The molecule has 4 unspecified atom stereocenters. The number of rotatable bonds is 5. The number of phenolic OH excluding ortho intramolecular Hbond substituents is 1. The lowest BCUT2D eigenvalue weighted by Gasteiger charge is -2.52. The van der Waals surface area contributed by atoms with Crippen LogP contribution in [0.3, 0.4) is 0 Å². The lowest BCUT2D eigenvalue weighted by Crippen LogP contribution is -2.58. The van der Waals surface area contributed by atoms with Gasteiger partial charge in [-0.2, -0.15) is 0 Å². The second-order valence-corrected chi connectivity index (χ2v) is 16.7. The number of halogens is 2. The number of ether oxygens (including phenoxy) is 4. The maximum atomic E-state index is 17.2. The Balaban J connectivity index is 1.06. The number of β-amino-alcohol motifs (C(OH)–C–C–N with tert-alkyl or cyclic N) is 1. The van der Waals surface area contributed by atoms with E-state index in [9.17, 15) is 10.2 Å². The number of phenols is 1. The summed E-state index contributed by atoms with van der Waals surface area (Å²) in [7, 11) is 0. The van der Waals surface area contributed by atoms with Crippen LogP contribution in [0, 0.1) is 29.4 Å². The summed E-state index contributed by atoms with van der Waals surface area (Å²) < 4.78 is 56.8. The minimum absolute atomic E-state index is 0.0472. The van der Waals surface area contributed by atoms with Crippen molar-refractivity contribution in [3.63, 3.8) is 0 Å². The third kappa shape index (κ3) is 6.64. The van der Waals surface area contributed by atoms with Crippen molar-refractivity contribution in [2.24, 2.45) is 10.4 Å². The van der Waals surface area contributed by atoms with Gasteiger partial charge in [-0.05, 0) is 75.6 Å². The lowest BCUT2D eigenvalue weighted by molar-refractivity contribution is -0.130. The summed E-state index contributed by atoms with van der Waals surface area (Å²) in [5.41, 5.74) is -0.942. The van der Waals surface area contributed by atoms with Crippen LogP contribution in [0.2, 0.25) is 0 Å². The number of pyridine rings is 1. The van der Waals surface area contributed by atoms with E-state index in [1.54, 1.807) is 6.92 Å². The number of nitrogens with one attached hydrogen (secondary N) is 1. The summed E-state index contributed by atoms with van der Waals surface area (Å²) >= 11 is 0. The van der Waals surface area contributed by atoms with Crippen LogP contribution >= 0.6 is 0 Å². The zero-order valence-corrected chi connectivity index (χ0v) is 31.3. The Morgan fingerprint density at radius 2 is 1.91 bits per heavy atom. The van der Waals surface area contributed by atoms with Gasteiger partial charge in [-0.3, -0.25) is 9.88 Å². The maximum Gasteiger partial charge on any atom is 0.227 e. The molecule has 0 amide bonds. The number of likely N-dealkylation sites (tertiary alicyclic amines) is 1. The number of nitrogens with zero attached hydrogens (tertiary/aromatic N) is 4. The Bertz CT molecular complexity index is 2050. The van der Waals surface area contributed by atoms with E-state index in [0.717, 1.165) is 71.1 Å². The molecule has 0 bridgehead atoms. The van der Waals surface area contributed by atoms with Crippen molar-refractivity contribution < 1.29 is 37.9 Å². The van der Waals surface area contributed by atoms with Crippen LogP contribution in [-0.4, -0.2) is 120 Å². The molecule has 2 aromatic carbocycles. The van der Waals surface area contributed by atoms with E-state index in [1.807, 2.05) is 4.90 Å². The monoisotopic (exact) mass is 757 g/mol. The average molecular weight is 758 g/mol. The highest BCUT2D eigenvalue weighted by Crippen LogP contribution is 2.50. The van der Waals surface area contributed by atoms with Crippen molar-refractivity contribution in [3.05, 3.63) is 53.2 Å². The molecule has 4 saturated heterocycles. The Morgan fingerprint density at radius 1 is 1.05 bits per heavy atom. The Morgan fingerprint density at radius 3 is 2.75 bits per heavy atom. The molecular weight excluding hydrogens is 708 g/mol. The number of hydrogen-bond donors (Lipinski definition) is 3. The van der Waals surface area contributed by atoms with Crippen molar-refractivity contribution in [2.75, 3.05) is 64.6 Å². The van der Waals surface area contributed by atoms with E-state index in [4.69, 9.17) is 30.4 Å². The van der Waals surface area contributed by atoms with Crippen LogP contribution in [0.25, 0.3) is 22.0 Å². The van der Waals surface area contributed by atoms with Crippen molar-refractivity contribution in [1.29, 1.82) is 0 Å². The van der Waals surface area contributed by atoms with Gasteiger partial charge in [-0.25, -0.2) is 13.8 Å². The van der Waals surface area contributed by atoms with E-state index >= 15 is 8.78 Å². The van der Waals surface area contributed by atoms with E-state index < -0.39 is 23.6 Å². The second kappa shape index (κ2) is 14.2. The number of piperidine rings is 1. The molecule has 1 aliphatic carbocycles. The summed E-state index contributed by atoms with van der Waals surface area (Å²) in [6, 6.07) is 6.32. The van der Waals surface area contributed by atoms with Gasteiger partial charge in [0.05, 0.1) is 55.4 Å². The van der Waals surface area contributed by atoms with Crippen LogP contribution in [0.4, 0.5) is 14.5 Å². The topological polar surface area (TPSA) is 121 Å². The molecule has 55 heavy (non-hydrogen) atoms. The molecule has 5 aliphatic heterocycles. The van der Waals surface area contributed by atoms with Gasteiger partial charge in [-0.15, -0.1) is 6.42 Å². The smallest absolute Gasteiger partial charge is 0.227 e. The largest absolute Gasteiger partial charge is 0.508 e. The third-order valence-electron chi connectivity index (χ3n) is 12.9. The highest BCUT2D eigenvalue weighted by Gasteiger charge is 2.52. The molecule has 11 nitrogen and oxygen atoms in total. The molecule has 6 heterocycles. The number of aliphatic imine (C=N–C) groups is 1. The molecule has 6 atom stereocenters. The number of aliphatic hydroxyl groups is 1. The van der Waals surface area contributed by atoms with Crippen LogP contribution in [0.15, 0.2) is 35.5 Å². The summed E-state index contributed by atoms with van der Waals surface area (Å²) in [5, 5.41) is 25.8. The minimum Gasteiger partial charge on any atom is -0.508 e. The van der Waals surface area contributed by atoms with Gasteiger partial charge in [0, 0.05) is 60.8 Å². The molecule has 9 rings (SSSR count). The first-order valence-electron chi connectivity index (χ1n) is 19.7. The zero-order valence-electron chi connectivity index (χ0n) is 31.3. The van der Waals surface area contributed by atoms with Gasteiger partial charge in [0.1, 0.15) is 28.7 Å². The number of amidine groups is 1. The van der Waals surface area contributed by atoms with E-state index in [-0.39, 0.29) is 57.8 Å². The molecule has 0 radical (unpaired) electrons. The van der Waals surface area contributed by atoms with Crippen LogP contribution in [-0.2, 0) is 18.9 Å². The number of anilines is 1. The van der Waals surface area contributed by atoms with E-state index in [2.05, 4.69) is 21.1 Å². The fourth-order valence-corrected chi connectivity index (χ4v) is 10.4. The first-order chi connectivity index (χ1) is 26.6. The first kappa shape index (κ1) is 36.7. The van der Waals surface area contributed by atoms with E-state index in [0.29, 0.717) is 55.2 Å². The van der Waals surface area contributed by atoms with E-state index in [1.165, 1.54) is 30.5 Å². The summed E-state index contributed by atoms with van der Waals surface area (Å²) in [6.45, 7) is 6.46. The van der Waals surface area contributed by atoms with Gasteiger partial charge < -0.3 is 39.4 Å². The summed E-state index contributed by atoms with van der Waals surface area (Å²) in [4.78, 5) is 14.2. The van der Waals surface area contributed by atoms with Crippen molar-refractivity contribution in [3.8, 4) is 29.4 Å². The highest BCUT2D eigenvalue weighted by molar-refractivity contribution is 6.06. The molecule has 3 aromatic rings. The number of aromatic nitrogens is 1. The number of fused-ring (bicyclic) bond motifs is 3. The van der Waals surface area contributed by atoms with Crippen LogP contribution in [0.5, 0.6) is 5.75 Å². The maximum absolute atomic E-state index is 17.2. The highest BCUT2D eigenvalue weighted by atomic mass is 19.1. The van der Waals surface area contributed by atoms with Crippen LogP contribution < -0.4 is 5.32 Å². The molecule has 6 aliphatic rings. The molecule has 3 N–H and O–H groups in total. The second-order valence-electron chi connectivity index (χ2n) is 16.7. The van der Waals surface area contributed by atoms with Gasteiger partial charge in [0.15, 0.2) is 5.82 Å². The third-order valence-corrected chi connectivity index (χ3v) is 12.9. The molecule has 13 heteroatoms. The average Bonchev–Trinajstić information content (AvgIpc) is 3.77. The fraction of sp³-hybridized carbons (Fsp3) is 0.571. The number of aromatic hydroxyl groups is 1. The predicted octanol–water partition coefficient (Wildman–Crippen LogP) is 5.40. The summed E-state index contributed by atoms with van der Waals surface area (Å²) in [5.74, 6) is 1.34. The Labute approximate surface area is 320 Å². The molecule has 1 spiro atoms. The van der Waals surface area contributed by atoms with Gasteiger partial charge in [-0.1, -0.05) is 18.4 Å². The van der Waals surface area contributed by atoms with Gasteiger partial charge >= 0.3 is 0 Å². The molecular formula is C42H49F2N5O6. The summed E-state index contributed by atoms with van der Waals surface area (Å²) in [6.07, 6.45) is 14.6. The molecule has 1 aromatic heterocycles. The van der Waals surface area contributed by atoms with Crippen LogP contribution in [0.1, 0.15) is 69.4 Å². The quantitative estimate of drug-likeness (QED) is 0.292. The lowest BCUT2D eigenvalue weighted by atomic mass is 9.74. The molecule has 292 valence electrons.